The lowest BCUT2D eigenvalue weighted by Crippen LogP contribution is -2.48. The number of para-hydroxylation sites is 1. The third kappa shape index (κ3) is 4.23. The van der Waals surface area contributed by atoms with E-state index in [0.29, 0.717) is 18.5 Å². The fourth-order valence-corrected chi connectivity index (χ4v) is 5.01. The number of hydrogen-bond acceptors (Lipinski definition) is 5. The maximum Gasteiger partial charge on any atom is 0.327 e. The first-order chi connectivity index (χ1) is 12.8. The van der Waals surface area contributed by atoms with Gasteiger partial charge in [-0.2, -0.15) is 0 Å². The summed E-state index contributed by atoms with van der Waals surface area (Å²) in [5.74, 6) is -1.57. The molecule has 2 heterocycles. The van der Waals surface area contributed by atoms with E-state index in [9.17, 15) is 23.1 Å². The van der Waals surface area contributed by atoms with Crippen LogP contribution in [-0.4, -0.2) is 77.5 Å². The number of hydrogen-bond donors (Lipinski definition) is 2. The molecule has 2 N–H and O–H groups in total. The normalized spacial score (nSPS) is 22.4. The number of aliphatic carboxylic acids is 1. The zero-order valence-corrected chi connectivity index (χ0v) is 15.6. The number of carboxylic acids is 1. The van der Waals surface area contributed by atoms with Gasteiger partial charge in [-0.15, -0.1) is 0 Å². The highest BCUT2D eigenvalue weighted by molar-refractivity contribution is 7.89. The quantitative estimate of drug-likeness (QED) is 0.722. The molecule has 2 fully saturated rings. The van der Waals surface area contributed by atoms with Crippen LogP contribution in [0.15, 0.2) is 30.3 Å². The maximum atomic E-state index is 12.8. The number of anilines is 1. The maximum absolute atomic E-state index is 12.8. The summed E-state index contributed by atoms with van der Waals surface area (Å²) in [6.07, 6.45) is -0.469. The fourth-order valence-electron chi connectivity index (χ4n) is 3.56. The van der Waals surface area contributed by atoms with Gasteiger partial charge in [0.05, 0.1) is 18.7 Å². The standard InChI is InChI=1S/C17H23N3O6S/c21-15-12-19(17(24)20(15)14-4-2-1-3-5-14)13-6-9-18(10-7-13)27(25,26)11-8-16(22)23/h1-5,13,15,21H,6-12H2,(H,22,23). The molecule has 2 saturated heterocycles. The molecule has 3 rings (SSSR count). The summed E-state index contributed by atoms with van der Waals surface area (Å²) in [5, 5.41) is 19.0. The van der Waals surface area contributed by atoms with Gasteiger partial charge in [0.1, 0.15) is 0 Å². The van der Waals surface area contributed by atoms with E-state index in [1.165, 1.54) is 9.21 Å². The van der Waals surface area contributed by atoms with Crippen molar-refractivity contribution in [1.29, 1.82) is 0 Å². The fraction of sp³-hybridized carbons (Fsp3) is 0.529. The van der Waals surface area contributed by atoms with Crippen LogP contribution in [-0.2, 0) is 14.8 Å². The zero-order valence-electron chi connectivity index (χ0n) is 14.8. The van der Waals surface area contributed by atoms with Crippen molar-refractivity contribution in [3.05, 3.63) is 30.3 Å². The minimum atomic E-state index is -3.61. The van der Waals surface area contributed by atoms with Gasteiger partial charge in [-0.1, -0.05) is 18.2 Å². The second kappa shape index (κ2) is 7.83. The summed E-state index contributed by atoms with van der Waals surface area (Å²) >= 11 is 0. The van der Waals surface area contributed by atoms with Crippen LogP contribution >= 0.6 is 0 Å². The number of amides is 2. The summed E-state index contributed by atoms with van der Waals surface area (Å²) in [5.41, 5.74) is 0.617. The summed E-state index contributed by atoms with van der Waals surface area (Å²) < 4.78 is 25.7. The van der Waals surface area contributed by atoms with Crippen molar-refractivity contribution in [1.82, 2.24) is 9.21 Å². The number of β-amino-alcohol motifs (C(OH)–C–C–N with tert-alkyl or cyclic N) is 1. The SMILES string of the molecule is O=C(O)CCS(=O)(=O)N1CCC(N2CC(O)N(c3ccccc3)C2=O)CC1. The molecule has 27 heavy (non-hydrogen) atoms. The predicted octanol–water partition coefficient (Wildman–Crippen LogP) is 0.516. The number of carbonyl (C=O) groups excluding carboxylic acids is 1. The molecule has 0 spiro atoms. The highest BCUT2D eigenvalue weighted by Crippen LogP contribution is 2.28. The average Bonchev–Trinajstić information content (AvgIpc) is 2.95. The van der Waals surface area contributed by atoms with E-state index in [-0.39, 0.29) is 31.7 Å². The number of piperidine rings is 1. The van der Waals surface area contributed by atoms with Crippen molar-refractivity contribution >= 4 is 27.7 Å². The number of rotatable bonds is 6. The van der Waals surface area contributed by atoms with Crippen molar-refractivity contribution in [2.24, 2.45) is 0 Å². The number of aliphatic hydroxyl groups is 1. The molecule has 1 atom stereocenters. The van der Waals surface area contributed by atoms with Crippen LogP contribution in [0.4, 0.5) is 10.5 Å². The molecule has 0 aromatic heterocycles. The van der Waals surface area contributed by atoms with Crippen LogP contribution in [0.5, 0.6) is 0 Å². The molecule has 2 aliphatic heterocycles. The first-order valence-electron chi connectivity index (χ1n) is 8.82. The van der Waals surface area contributed by atoms with Gasteiger partial charge >= 0.3 is 12.0 Å². The van der Waals surface area contributed by atoms with Crippen molar-refractivity contribution in [3.8, 4) is 0 Å². The van der Waals surface area contributed by atoms with Crippen molar-refractivity contribution in [2.45, 2.75) is 31.5 Å². The van der Waals surface area contributed by atoms with Gasteiger partial charge in [0.25, 0.3) is 0 Å². The Hall–Kier alpha value is -2.17. The van der Waals surface area contributed by atoms with Gasteiger partial charge in [-0.25, -0.2) is 17.5 Å². The Morgan fingerprint density at radius 1 is 1.15 bits per heavy atom. The number of aliphatic hydroxyl groups excluding tert-OH is 1. The van der Waals surface area contributed by atoms with Crippen molar-refractivity contribution in [3.63, 3.8) is 0 Å². The Bertz CT molecular complexity index is 792. The Morgan fingerprint density at radius 2 is 1.78 bits per heavy atom. The summed E-state index contributed by atoms with van der Waals surface area (Å²) in [6.45, 7) is 0.639. The van der Waals surface area contributed by atoms with E-state index in [0.717, 1.165) is 0 Å². The molecule has 0 saturated carbocycles. The lowest BCUT2D eigenvalue weighted by Gasteiger charge is -2.35. The van der Waals surface area contributed by atoms with Gasteiger partial charge in [-0.3, -0.25) is 9.69 Å². The lowest BCUT2D eigenvalue weighted by atomic mass is 10.1. The van der Waals surface area contributed by atoms with Gasteiger partial charge in [0, 0.05) is 24.8 Å². The minimum Gasteiger partial charge on any atom is -0.481 e. The second-order valence-electron chi connectivity index (χ2n) is 6.71. The third-order valence-corrected chi connectivity index (χ3v) is 6.85. The van der Waals surface area contributed by atoms with Gasteiger partial charge in [-0.05, 0) is 25.0 Å². The van der Waals surface area contributed by atoms with Crippen LogP contribution in [0.25, 0.3) is 0 Å². The molecule has 2 amide bonds. The molecule has 1 aromatic carbocycles. The summed E-state index contributed by atoms with van der Waals surface area (Å²) in [7, 11) is -3.61. The third-order valence-electron chi connectivity index (χ3n) is 4.98. The first kappa shape index (κ1) is 19.6. The molecule has 1 aromatic rings. The van der Waals surface area contributed by atoms with E-state index in [2.05, 4.69) is 0 Å². The van der Waals surface area contributed by atoms with Gasteiger partial charge < -0.3 is 15.1 Å². The number of sulfonamides is 1. The summed E-state index contributed by atoms with van der Waals surface area (Å²) in [4.78, 5) is 26.3. The minimum absolute atomic E-state index is 0.160. The topological polar surface area (TPSA) is 118 Å². The number of carbonyl (C=O) groups is 2. The van der Waals surface area contributed by atoms with Crippen molar-refractivity contribution < 1.29 is 28.2 Å². The lowest BCUT2D eigenvalue weighted by molar-refractivity contribution is -0.136. The molecule has 0 bridgehead atoms. The Labute approximate surface area is 157 Å². The van der Waals surface area contributed by atoms with Crippen LogP contribution < -0.4 is 4.90 Å². The predicted molar refractivity (Wildman–Crippen MR) is 97.7 cm³/mol. The van der Waals surface area contributed by atoms with E-state index >= 15 is 0 Å². The summed E-state index contributed by atoms with van der Waals surface area (Å²) in [6, 6.07) is 8.46. The molecule has 1 unspecified atom stereocenters. The molecule has 148 valence electrons. The van der Waals surface area contributed by atoms with E-state index < -0.39 is 34.4 Å². The van der Waals surface area contributed by atoms with Crippen LogP contribution in [0, 0.1) is 0 Å². The Balaban J connectivity index is 1.62. The number of carboxylic acid groups (broad SMARTS) is 1. The molecule has 0 aliphatic carbocycles. The van der Waals surface area contributed by atoms with Crippen LogP contribution in [0.1, 0.15) is 19.3 Å². The molecule has 0 radical (unpaired) electrons. The monoisotopic (exact) mass is 397 g/mol. The van der Waals surface area contributed by atoms with E-state index in [1.807, 2.05) is 6.07 Å². The second-order valence-corrected chi connectivity index (χ2v) is 8.80. The number of nitrogens with zero attached hydrogens (tertiary/aromatic N) is 3. The largest absolute Gasteiger partial charge is 0.481 e. The van der Waals surface area contributed by atoms with E-state index in [1.54, 1.807) is 29.2 Å². The van der Waals surface area contributed by atoms with Crippen LogP contribution in [0.2, 0.25) is 0 Å². The van der Waals surface area contributed by atoms with Crippen molar-refractivity contribution in [2.75, 3.05) is 30.3 Å². The molecule has 2 aliphatic rings. The van der Waals surface area contributed by atoms with Gasteiger partial charge in [0.15, 0.2) is 6.23 Å². The zero-order chi connectivity index (χ0) is 19.6. The average molecular weight is 397 g/mol. The molecular formula is C17H23N3O6S. The Morgan fingerprint density at radius 3 is 2.37 bits per heavy atom. The Kier molecular flexibility index (Phi) is 5.68. The highest BCUT2D eigenvalue weighted by atomic mass is 32.2. The smallest absolute Gasteiger partial charge is 0.327 e. The molecular weight excluding hydrogens is 374 g/mol. The van der Waals surface area contributed by atoms with E-state index in [4.69, 9.17) is 5.11 Å². The number of benzene rings is 1. The van der Waals surface area contributed by atoms with Gasteiger partial charge in [0.2, 0.25) is 10.0 Å². The highest BCUT2D eigenvalue weighted by Gasteiger charge is 2.42. The number of urea groups is 1. The molecule has 9 nitrogen and oxygen atoms in total. The van der Waals surface area contributed by atoms with Crippen LogP contribution in [0.3, 0.4) is 0 Å². The first-order valence-corrected chi connectivity index (χ1v) is 10.4. The molecule has 10 heteroatoms.